The van der Waals surface area contributed by atoms with Crippen molar-refractivity contribution in [2.75, 3.05) is 26.4 Å². The summed E-state index contributed by atoms with van der Waals surface area (Å²) in [6, 6.07) is 0. The number of hydrogen-bond donors (Lipinski definition) is 0. The van der Waals surface area contributed by atoms with E-state index in [-0.39, 0.29) is 63.6 Å². The maximum Gasteiger partial charge on any atom is 0.330 e. The quantitative estimate of drug-likeness (QED) is 0.0257. The molecule has 0 aromatic heterocycles. The van der Waals surface area contributed by atoms with Crippen LogP contribution >= 0.6 is 0 Å². The zero-order valence-electron chi connectivity index (χ0n) is 47.3. The van der Waals surface area contributed by atoms with Crippen molar-refractivity contribution < 1.29 is 38.1 Å². The highest BCUT2D eigenvalue weighted by Crippen LogP contribution is 2.24. The summed E-state index contributed by atoms with van der Waals surface area (Å²) >= 11 is 0. The molecule has 0 aliphatic carbocycles. The highest BCUT2D eigenvalue weighted by molar-refractivity contribution is 5.81. The van der Waals surface area contributed by atoms with Gasteiger partial charge in [-0.1, -0.05) is 279 Å². The summed E-state index contributed by atoms with van der Waals surface area (Å²) in [5.41, 5.74) is -1.24. The van der Waals surface area contributed by atoms with Crippen molar-refractivity contribution in [3.8, 4) is 0 Å². The Morgan fingerprint density at radius 1 is 0.314 bits per heavy atom. The summed E-state index contributed by atoms with van der Waals surface area (Å²) < 4.78 is 22.9. The molecule has 0 spiro atoms. The fourth-order valence-electron chi connectivity index (χ4n) is 9.22. The molecule has 0 aromatic rings. The van der Waals surface area contributed by atoms with E-state index in [0.29, 0.717) is 0 Å². The largest absolute Gasteiger partial charge is 0.465 e. The van der Waals surface area contributed by atoms with Crippen molar-refractivity contribution >= 4 is 23.9 Å². The molecule has 8 nitrogen and oxygen atoms in total. The van der Waals surface area contributed by atoms with Gasteiger partial charge in [-0.3, -0.25) is 14.4 Å². The third-order valence-electron chi connectivity index (χ3n) is 14.0. The van der Waals surface area contributed by atoms with Gasteiger partial charge in [0, 0.05) is 25.3 Å². The third-order valence-corrected chi connectivity index (χ3v) is 14.0. The van der Waals surface area contributed by atoms with Crippen molar-refractivity contribution in [2.24, 2.45) is 23.2 Å². The highest BCUT2D eigenvalue weighted by Gasteiger charge is 2.38. The van der Waals surface area contributed by atoms with Gasteiger partial charge in [-0.25, -0.2) is 4.79 Å². The topological polar surface area (TPSA) is 105 Å². The van der Waals surface area contributed by atoms with Gasteiger partial charge in [-0.05, 0) is 37.0 Å². The zero-order valence-corrected chi connectivity index (χ0v) is 47.3. The van der Waals surface area contributed by atoms with E-state index >= 15 is 0 Å². The summed E-state index contributed by atoms with van der Waals surface area (Å²) in [7, 11) is 0. The minimum absolute atomic E-state index is 0.204. The molecular weight excluding hydrogens is 873 g/mol. The maximum absolute atomic E-state index is 13.1. The first-order valence-corrected chi connectivity index (χ1v) is 30.1. The van der Waals surface area contributed by atoms with Crippen LogP contribution in [0.25, 0.3) is 0 Å². The second-order valence-corrected chi connectivity index (χ2v) is 22.8. The monoisotopic (exact) mass is 989 g/mol. The fourth-order valence-corrected chi connectivity index (χ4v) is 9.22. The summed E-state index contributed by atoms with van der Waals surface area (Å²) in [5, 5.41) is 0. The van der Waals surface area contributed by atoms with Gasteiger partial charge >= 0.3 is 23.9 Å². The van der Waals surface area contributed by atoms with E-state index in [1.165, 1.54) is 193 Å². The Bertz CT molecular complexity index is 1080. The molecule has 0 unspecified atom stereocenters. The van der Waals surface area contributed by atoms with Crippen LogP contribution in [-0.2, 0) is 38.1 Å². The number of carbonyl (C=O) groups excluding carboxylic acids is 4. The predicted molar refractivity (Wildman–Crippen MR) is 295 cm³/mol. The van der Waals surface area contributed by atoms with Crippen molar-refractivity contribution in [2.45, 2.75) is 311 Å². The average molecular weight is 990 g/mol. The summed E-state index contributed by atoms with van der Waals surface area (Å²) in [6.45, 7) is 16.5. The first-order chi connectivity index (χ1) is 33.9. The lowest BCUT2D eigenvalue weighted by molar-refractivity contribution is -0.169. The predicted octanol–water partition coefficient (Wildman–Crippen LogP) is 18.7. The Hall–Kier alpha value is -2.38. The van der Waals surface area contributed by atoms with Gasteiger partial charge in [-0.15, -0.1) is 0 Å². The Balaban J connectivity index is 4.93. The highest BCUT2D eigenvalue weighted by atomic mass is 16.6. The van der Waals surface area contributed by atoms with Crippen molar-refractivity contribution in [1.29, 1.82) is 0 Å². The summed E-state index contributed by atoms with van der Waals surface area (Å²) in [6.07, 6.45) is 49.6. The lowest BCUT2D eigenvalue weighted by atomic mass is 9.92. The number of rotatable bonds is 54. The normalized spacial score (nSPS) is 11.7. The molecule has 0 aliphatic heterocycles. The van der Waals surface area contributed by atoms with E-state index in [2.05, 4.69) is 48.1 Å². The average Bonchev–Trinajstić information content (AvgIpc) is 3.33. The SMILES string of the molecule is C=CC(=O)OCC(COC(=O)CCCCCCCCCCCCCCC(C)C)(COC(=O)CCCCCCCCCCCCCCC(C)C)COC(=O)CCCCCCCCCCCCCCC(C)C. The van der Waals surface area contributed by atoms with Crippen molar-refractivity contribution in [3.05, 3.63) is 12.7 Å². The first-order valence-electron chi connectivity index (χ1n) is 30.1. The standard InChI is InChI=1S/C62H116O8/c1-8-58(63)67-51-62(52-68-59(64)48-42-36-30-24-18-12-9-15-21-27-33-39-45-55(2)3,53-69-60(65)49-43-37-31-25-19-13-10-16-22-28-34-40-46-56(4)5)54-70-61(66)50-44-38-32-26-20-14-11-17-23-29-35-41-47-57(6)7/h8,55-57H,1,9-54H2,2-7H3. The van der Waals surface area contributed by atoms with Gasteiger partial charge in [0.1, 0.15) is 31.8 Å². The van der Waals surface area contributed by atoms with Gasteiger partial charge in [0.25, 0.3) is 0 Å². The maximum atomic E-state index is 13.1. The van der Waals surface area contributed by atoms with Gasteiger partial charge in [-0.2, -0.15) is 0 Å². The van der Waals surface area contributed by atoms with Gasteiger partial charge in [0.05, 0.1) is 0 Å². The number of carbonyl (C=O) groups is 4. The second kappa shape index (κ2) is 50.2. The number of ether oxygens (including phenoxy) is 4. The van der Waals surface area contributed by atoms with Crippen LogP contribution in [0.5, 0.6) is 0 Å². The van der Waals surface area contributed by atoms with Gasteiger partial charge in [0.2, 0.25) is 0 Å². The summed E-state index contributed by atoms with van der Waals surface area (Å²) in [5.74, 6) is 0.701. The smallest absolute Gasteiger partial charge is 0.330 e. The summed E-state index contributed by atoms with van der Waals surface area (Å²) in [4.78, 5) is 51.5. The van der Waals surface area contributed by atoms with Gasteiger partial charge in [0.15, 0.2) is 0 Å². The third kappa shape index (κ3) is 49.2. The van der Waals surface area contributed by atoms with Crippen LogP contribution < -0.4 is 0 Å². The van der Waals surface area contributed by atoms with Crippen LogP contribution in [0.2, 0.25) is 0 Å². The lowest BCUT2D eigenvalue weighted by Gasteiger charge is -2.31. The molecule has 0 saturated heterocycles. The Morgan fingerprint density at radius 3 is 0.700 bits per heavy atom. The zero-order chi connectivity index (χ0) is 51.6. The van der Waals surface area contributed by atoms with Crippen LogP contribution in [0.4, 0.5) is 0 Å². The van der Waals surface area contributed by atoms with E-state index in [1.807, 2.05) is 0 Å². The number of unbranched alkanes of at least 4 members (excludes halogenated alkanes) is 33. The molecule has 0 aliphatic rings. The molecule has 0 N–H and O–H groups in total. The Labute approximate surface area is 433 Å². The van der Waals surface area contributed by atoms with Crippen molar-refractivity contribution in [1.82, 2.24) is 0 Å². The Morgan fingerprint density at radius 2 is 0.500 bits per heavy atom. The molecular formula is C62H116O8. The molecule has 0 bridgehead atoms. The molecule has 0 saturated carbocycles. The van der Waals surface area contributed by atoms with E-state index in [4.69, 9.17) is 18.9 Å². The first kappa shape index (κ1) is 67.6. The minimum Gasteiger partial charge on any atom is -0.465 e. The van der Waals surface area contributed by atoms with E-state index in [0.717, 1.165) is 81.6 Å². The molecule has 0 atom stereocenters. The fraction of sp³-hybridized carbons (Fsp3) is 0.903. The number of esters is 4. The minimum atomic E-state index is -1.24. The van der Waals surface area contributed by atoms with Crippen molar-refractivity contribution in [3.63, 3.8) is 0 Å². The molecule has 8 heteroatoms. The molecule has 0 aromatic carbocycles. The van der Waals surface area contributed by atoms with Crippen LogP contribution in [0.3, 0.4) is 0 Å². The molecule has 70 heavy (non-hydrogen) atoms. The molecule has 0 amide bonds. The molecule has 412 valence electrons. The molecule has 0 rings (SSSR count). The van der Waals surface area contributed by atoms with Crippen LogP contribution in [-0.4, -0.2) is 50.3 Å². The van der Waals surface area contributed by atoms with Crippen LogP contribution in [0, 0.1) is 23.2 Å². The lowest BCUT2D eigenvalue weighted by Crippen LogP contribution is -2.44. The molecule has 0 radical (unpaired) electrons. The van der Waals surface area contributed by atoms with Crippen LogP contribution in [0.1, 0.15) is 311 Å². The van der Waals surface area contributed by atoms with E-state index in [1.54, 1.807) is 0 Å². The molecule has 0 heterocycles. The van der Waals surface area contributed by atoms with Crippen LogP contribution in [0.15, 0.2) is 12.7 Å². The Kier molecular flexibility index (Phi) is 48.5. The second-order valence-electron chi connectivity index (χ2n) is 22.8. The molecule has 0 fully saturated rings. The van der Waals surface area contributed by atoms with E-state index < -0.39 is 11.4 Å². The van der Waals surface area contributed by atoms with Gasteiger partial charge < -0.3 is 18.9 Å². The number of hydrogen-bond acceptors (Lipinski definition) is 8. The van der Waals surface area contributed by atoms with E-state index in [9.17, 15) is 19.2 Å².